The number of benzene rings is 2. The Balaban J connectivity index is 2.38. The van der Waals surface area contributed by atoms with Crippen molar-refractivity contribution in [3.63, 3.8) is 0 Å². The number of aliphatic hydroxyl groups is 2. The van der Waals surface area contributed by atoms with E-state index in [4.69, 9.17) is 17.2 Å². The number of nitrogens with one attached hydrogen (secondary N) is 8. The van der Waals surface area contributed by atoms with Gasteiger partial charge in [-0.15, -0.1) is 0 Å². The monoisotopic (exact) mass is 1130 g/mol. The molecule has 80 heavy (non-hydrogen) atoms. The minimum atomic E-state index is -2.00. The fourth-order valence-corrected chi connectivity index (χ4v) is 7.87. The molecule has 2 aromatic carbocycles. The molecule has 0 saturated heterocycles. The van der Waals surface area contributed by atoms with Gasteiger partial charge in [0, 0.05) is 13.0 Å². The number of amides is 8. The number of aliphatic hydroxyl groups excluding tert-OH is 2. The molecule has 0 aromatic heterocycles. The first-order valence-electron chi connectivity index (χ1n) is 26.0. The highest BCUT2D eigenvalue weighted by Gasteiger charge is 2.37. The third kappa shape index (κ3) is 24.3. The van der Waals surface area contributed by atoms with Gasteiger partial charge < -0.3 is 90.4 Å². The van der Waals surface area contributed by atoms with Gasteiger partial charge in [0.05, 0.1) is 25.2 Å². The van der Waals surface area contributed by atoms with Crippen LogP contribution < -0.4 is 59.7 Å². The maximum atomic E-state index is 14.0. The average molecular weight is 1130 g/mol. The number of phenolic OH excluding ortho intramolecular Hbond substituents is 2. The first-order valence-corrected chi connectivity index (χ1v) is 26.0. The highest BCUT2D eigenvalue weighted by molar-refractivity contribution is 5.99. The summed E-state index contributed by atoms with van der Waals surface area (Å²) < 4.78 is 0. The third-order valence-corrected chi connectivity index (χ3v) is 12.1. The lowest BCUT2D eigenvalue weighted by Crippen LogP contribution is -2.62. The third-order valence-electron chi connectivity index (χ3n) is 12.1. The smallest absolute Gasteiger partial charge is 0.326 e. The molecule has 0 fully saturated rings. The summed E-state index contributed by atoms with van der Waals surface area (Å²) in [6, 6.07) is -2.34. The number of hydrogen-bond acceptors (Lipinski definition) is 16. The van der Waals surface area contributed by atoms with Gasteiger partial charge in [0.2, 0.25) is 47.3 Å². The van der Waals surface area contributed by atoms with Crippen LogP contribution in [0.2, 0.25) is 0 Å². The highest BCUT2D eigenvalue weighted by Crippen LogP contribution is 2.15. The lowest BCUT2D eigenvalue weighted by Gasteiger charge is -2.29. The van der Waals surface area contributed by atoms with Gasteiger partial charge in [-0.05, 0) is 92.2 Å². The van der Waals surface area contributed by atoms with E-state index < -0.39 is 139 Å². The zero-order valence-electron chi connectivity index (χ0n) is 45.9. The zero-order chi connectivity index (χ0) is 60.6. The number of carbonyl (C=O) groups excluding carboxylic acids is 8. The fraction of sp³-hybridized carbons (Fsp3) is 0.558. The van der Waals surface area contributed by atoms with Crippen molar-refractivity contribution in [2.45, 2.75) is 154 Å². The second kappa shape index (κ2) is 33.4. The standard InChI is InChI=1S/C52H80N12O16/c1-25(2)19-35(45(73)61-38(51(79)80)20-26(3)4)60-50(78)42(28(7)66)64-47(75)37(23-40(69)70)59-44(72)34(9-8-18-56-52(54)55)57-48(76)39(24-65)62-49(77)41(27(5)6)63-46(74)36(22-30-12-16-32(68)17-13-30)58-43(71)33(53)21-29-10-14-31(67)15-11-29/h10-17,25-28,33-39,41-42,65-68H,8-9,18-24,53H2,1-7H3,(H,57,76)(H,58,71)(H,59,72)(H,60,78)(H,61,73)(H,62,77)(H,63,74)(H,64,75)(H,69,70)(H,79,80)(H4,54,55,56)/t28-,33+,34+,35+,36+,37+,38+,39+,41+,42+/m1/s1. The number of aromatic hydroxyl groups is 2. The van der Waals surface area contributed by atoms with Crippen LogP contribution in [0.3, 0.4) is 0 Å². The topological polar surface area (TPSA) is 479 Å². The normalized spacial score (nSPS) is 15.0. The first kappa shape index (κ1) is 68.0. The molecule has 0 heterocycles. The molecule has 0 spiro atoms. The Morgan fingerprint density at radius 2 is 0.925 bits per heavy atom. The fourth-order valence-electron chi connectivity index (χ4n) is 7.87. The van der Waals surface area contributed by atoms with E-state index in [2.05, 4.69) is 47.5 Å². The summed E-state index contributed by atoms with van der Waals surface area (Å²) in [6.45, 7) is 9.93. The van der Waals surface area contributed by atoms with Gasteiger partial charge in [-0.25, -0.2) is 4.79 Å². The predicted octanol–water partition coefficient (Wildman–Crippen LogP) is -3.18. The van der Waals surface area contributed by atoms with E-state index in [9.17, 15) is 78.6 Å². The summed E-state index contributed by atoms with van der Waals surface area (Å²) in [4.78, 5) is 138. The largest absolute Gasteiger partial charge is 0.508 e. The predicted molar refractivity (Wildman–Crippen MR) is 289 cm³/mol. The lowest BCUT2D eigenvalue weighted by atomic mass is 9.99. The molecule has 28 nitrogen and oxygen atoms in total. The minimum Gasteiger partial charge on any atom is -0.508 e. The molecule has 8 amide bonds. The van der Waals surface area contributed by atoms with E-state index >= 15 is 0 Å². The number of phenols is 2. The maximum absolute atomic E-state index is 14.0. The molecule has 0 unspecified atom stereocenters. The van der Waals surface area contributed by atoms with Crippen LogP contribution in [0, 0.1) is 17.8 Å². The number of carbonyl (C=O) groups is 10. The van der Waals surface area contributed by atoms with Gasteiger partial charge >= 0.3 is 11.9 Å². The van der Waals surface area contributed by atoms with E-state index in [-0.39, 0.29) is 74.4 Å². The molecule has 2 aromatic rings. The van der Waals surface area contributed by atoms with Crippen molar-refractivity contribution in [2.24, 2.45) is 39.9 Å². The number of guanidine groups is 1. The first-order chi connectivity index (χ1) is 37.4. The Hall–Kier alpha value is -8.11. The Morgan fingerprint density at radius 3 is 1.41 bits per heavy atom. The molecule has 2 rings (SSSR count). The summed E-state index contributed by atoms with van der Waals surface area (Å²) >= 11 is 0. The molecule has 0 aliphatic heterocycles. The van der Waals surface area contributed by atoms with Crippen molar-refractivity contribution in [3.8, 4) is 11.5 Å². The summed E-state index contributed by atoms with van der Waals surface area (Å²) in [5, 5.41) is 79.1. The summed E-state index contributed by atoms with van der Waals surface area (Å²) in [6.07, 6.45) is -3.24. The van der Waals surface area contributed by atoms with Gasteiger partial charge in [-0.2, -0.15) is 0 Å². The molecule has 0 aliphatic carbocycles. The lowest BCUT2D eigenvalue weighted by molar-refractivity contribution is -0.143. The molecule has 20 N–H and O–H groups in total. The van der Waals surface area contributed by atoms with E-state index in [0.717, 1.165) is 6.92 Å². The van der Waals surface area contributed by atoms with Gasteiger partial charge in [-0.1, -0.05) is 65.8 Å². The Labute approximate surface area is 463 Å². The molecule has 10 atom stereocenters. The number of carboxylic acids is 2. The number of nitrogens with two attached hydrogens (primary N) is 3. The molecular formula is C52H80N12O16. The van der Waals surface area contributed by atoms with Gasteiger partial charge in [-0.3, -0.25) is 48.1 Å². The number of aliphatic carboxylic acids is 2. The van der Waals surface area contributed by atoms with E-state index in [1.807, 2.05) is 0 Å². The molecule has 0 radical (unpaired) electrons. The second-order valence-electron chi connectivity index (χ2n) is 20.5. The molecule has 0 bridgehead atoms. The number of carboxylic acid groups (broad SMARTS) is 2. The average Bonchev–Trinajstić information content (AvgIpc) is 3.36. The maximum Gasteiger partial charge on any atom is 0.326 e. The Morgan fingerprint density at radius 1 is 0.512 bits per heavy atom. The Bertz CT molecular complexity index is 2450. The van der Waals surface area contributed by atoms with Crippen LogP contribution in [0.25, 0.3) is 0 Å². The summed E-state index contributed by atoms with van der Waals surface area (Å²) in [5.74, 6) is -12.7. The highest BCUT2D eigenvalue weighted by atomic mass is 16.4. The van der Waals surface area contributed by atoms with Crippen molar-refractivity contribution in [2.75, 3.05) is 13.2 Å². The van der Waals surface area contributed by atoms with Crippen LogP contribution in [0.1, 0.15) is 91.7 Å². The molecule has 28 heteroatoms. The van der Waals surface area contributed by atoms with E-state index in [1.54, 1.807) is 53.7 Å². The quantitative estimate of drug-likeness (QED) is 0.0187. The van der Waals surface area contributed by atoms with E-state index in [0.29, 0.717) is 11.1 Å². The van der Waals surface area contributed by atoms with Crippen molar-refractivity contribution in [3.05, 3.63) is 59.7 Å². The Kier molecular flexibility index (Phi) is 28.4. The molecule has 0 aliphatic rings. The minimum absolute atomic E-state index is 0.00568. The van der Waals surface area contributed by atoms with Crippen LogP contribution in [-0.4, -0.2) is 169 Å². The van der Waals surface area contributed by atoms with Crippen LogP contribution in [0.5, 0.6) is 11.5 Å². The second-order valence-corrected chi connectivity index (χ2v) is 20.5. The molecule has 444 valence electrons. The number of aliphatic imine (C=N–C) groups is 1. The van der Waals surface area contributed by atoms with Crippen molar-refractivity contribution in [1.29, 1.82) is 0 Å². The summed E-state index contributed by atoms with van der Waals surface area (Å²) in [5.41, 5.74) is 18.2. The van der Waals surface area contributed by atoms with Gasteiger partial charge in [0.15, 0.2) is 5.96 Å². The van der Waals surface area contributed by atoms with Crippen molar-refractivity contribution in [1.82, 2.24) is 42.5 Å². The van der Waals surface area contributed by atoms with Crippen LogP contribution >= 0.6 is 0 Å². The van der Waals surface area contributed by atoms with Crippen LogP contribution in [0.15, 0.2) is 53.5 Å². The van der Waals surface area contributed by atoms with Gasteiger partial charge in [0.1, 0.15) is 59.8 Å². The molecular weight excluding hydrogens is 1050 g/mol. The number of nitrogens with zero attached hydrogens (tertiary/aromatic N) is 1. The van der Waals surface area contributed by atoms with E-state index in [1.165, 1.54) is 36.4 Å². The van der Waals surface area contributed by atoms with Crippen LogP contribution in [0.4, 0.5) is 0 Å². The summed E-state index contributed by atoms with van der Waals surface area (Å²) in [7, 11) is 0. The van der Waals surface area contributed by atoms with Crippen molar-refractivity contribution >= 4 is 65.2 Å². The van der Waals surface area contributed by atoms with Crippen LogP contribution in [-0.2, 0) is 60.8 Å². The van der Waals surface area contributed by atoms with Crippen molar-refractivity contribution < 1.29 is 78.6 Å². The number of rotatable bonds is 34. The zero-order valence-corrected chi connectivity index (χ0v) is 45.9. The number of hydrogen-bond donors (Lipinski definition) is 17. The molecule has 0 saturated carbocycles. The SMILES string of the molecule is CC(C)C[C@H](NC(=O)[C@H](CC(C)C)NC(=O)[C@@H](NC(=O)[C@H](CC(=O)O)NC(=O)[C@H](CCCN=C(N)N)NC(=O)[C@H](CO)NC(=O)[C@@H](NC(=O)[C@H](Cc1ccc(O)cc1)NC(=O)[C@@H](N)Cc1ccc(O)cc1)C(C)C)[C@@H](C)O)C(=O)O. The van der Waals surface area contributed by atoms with Gasteiger partial charge in [0.25, 0.3) is 0 Å².